The van der Waals surface area contributed by atoms with Gasteiger partial charge in [0.05, 0.1) is 12.4 Å². The van der Waals surface area contributed by atoms with E-state index >= 15 is 0 Å². The van der Waals surface area contributed by atoms with E-state index in [0.717, 1.165) is 37.4 Å². The molecule has 6 nitrogen and oxygen atoms in total. The summed E-state index contributed by atoms with van der Waals surface area (Å²) in [5, 5.41) is 0. The number of anilines is 2. The SMILES string of the molecule is Cc1cnc(N(C)C2CCN(c3ncc(F)cn3)CC2)nc1. The van der Waals surface area contributed by atoms with Crippen LogP contribution in [0.3, 0.4) is 0 Å². The van der Waals surface area contributed by atoms with Gasteiger partial charge in [-0.15, -0.1) is 0 Å². The predicted molar refractivity (Wildman–Crippen MR) is 82.4 cm³/mol. The zero-order chi connectivity index (χ0) is 15.5. The van der Waals surface area contributed by atoms with Gasteiger partial charge < -0.3 is 9.80 Å². The maximum atomic E-state index is 12.9. The number of hydrogen-bond acceptors (Lipinski definition) is 6. The monoisotopic (exact) mass is 302 g/mol. The second-order valence-corrected chi connectivity index (χ2v) is 5.59. The Balaban J connectivity index is 1.61. The zero-order valence-electron chi connectivity index (χ0n) is 12.8. The maximum absolute atomic E-state index is 12.9. The van der Waals surface area contributed by atoms with Crippen molar-refractivity contribution in [3.63, 3.8) is 0 Å². The topological polar surface area (TPSA) is 58.0 Å². The predicted octanol–water partition coefficient (Wildman–Crippen LogP) is 1.82. The third-order valence-electron chi connectivity index (χ3n) is 3.98. The molecule has 1 fully saturated rings. The number of piperidine rings is 1. The van der Waals surface area contributed by atoms with Crippen LogP contribution in [0.5, 0.6) is 0 Å². The Morgan fingerprint density at radius 2 is 1.64 bits per heavy atom. The molecular weight excluding hydrogens is 283 g/mol. The van der Waals surface area contributed by atoms with E-state index in [-0.39, 0.29) is 0 Å². The molecule has 0 bridgehead atoms. The highest BCUT2D eigenvalue weighted by Crippen LogP contribution is 2.21. The summed E-state index contributed by atoms with van der Waals surface area (Å²) in [6.07, 6.45) is 8.02. The first kappa shape index (κ1) is 14.6. The summed E-state index contributed by atoms with van der Waals surface area (Å²) in [6, 6.07) is 0.388. The molecular formula is C15H19FN6. The van der Waals surface area contributed by atoms with Gasteiger partial charge in [0.2, 0.25) is 11.9 Å². The van der Waals surface area contributed by atoms with E-state index in [1.54, 1.807) is 0 Å². The van der Waals surface area contributed by atoms with E-state index in [4.69, 9.17) is 0 Å². The van der Waals surface area contributed by atoms with Crippen molar-refractivity contribution in [1.82, 2.24) is 19.9 Å². The minimum absolute atomic E-state index is 0.388. The summed E-state index contributed by atoms with van der Waals surface area (Å²) >= 11 is 0. The smallest absolute Gasteiger partial charge is 0.225 e. The first-order chi connectivity index (χ1) is 10.6. The minimum atomic E-state index is -0.408. The number of nitrogens with zero attached hydrogens (tertiary/aromatic N) is 6. The van der Waals surface area contributed by atoms with Gasteiger partial charge in [-0.2, -0.15) is 0 Å². The van der Waals surface area contributed by atoms with Crippen molar-refractivity contribution in [2.45, 2.75) is 25.8 Å². The van der Waals surface area contributed by atoms with Crippen LogP contribution in [0.15, 0.2) is 24.8 Å². The highest BCUT2D eigenvalue weighted by Gasteiger charge is 2.25. The van der Waals surface area contributed by atoms with E-state index in [9.17, 15) is 4.39 Å². The van der Waals surface area contributed by atoms with Crippen LogP contribution in [0.25, 0.3) is 0 Å². The molecule has 0 saturated carbocycles. The van der Waals surface area contributed by atoms with E-state index in [1.165, 1.54) is 12.4 Å². The van der Waals surface area contributed by atoms with Crippen LogP contribution in [0.4, 0.5) is 16.3 Å². The lowest BCUT2D eigenvalue weighted by Gasteiger charge is -2.36. The number of aryl methyl sites for hydroxylation is 1. The van der Waals surface area contributed by atoms with Gasteiger partial charge in [0.15, 0.2) is 5.82 Å². The lowest BCUT2D eigenvalue weighted by Crippen LogP contribution is -2.44. The third kappa shape index (κ3) is 3.13. The molecule has 2 aromatic heterocycles. The fourth-order valence-corrected chi connectivity index (χ4v) is 2.65. The van der Waals surface area contributed by atoms with Crippen LogP contribution < -0.4 is 9.80 Å². The Bertz CT molecular complexity index is 607. The Labute approximate surface area is 129 Å². The highest BCUT2D eigenvalue weighted by atomic mass is 19.1. The van der Waals surface area contributed by atoms with Gasteiger partial charge in [0.25, 0.3) is 0 Å². The molecule has 1 aliphatic rings. The molecule has 0 aromatic carbocycles. The van der Waals surface area contributed by atoms with Crippen LogP contribution >= 0.6 is 0 Å². The van der Waals surface area contributed by atoms with Crippen molar-refractivity contribution in [1.29, 1.82) is 0 Å². The molecule has 1 saturated heterocycles. The van der Waals surface area contributed by atoms with Crippen LogP contribution in [0.1, 0.15) is 18.4 Å². The Hall–Kier alpha value is -2.31. The second-order valence-electron chi connectivity index (χ2n) is 5.59. The van der Waals surface area contributed by atoms with E-state index < -0.39 is 5.82 Å². The average molecular weight is 302 g/mol. The molecule has 7 heteroatoms. The van der Waals surface area contributed by atoms with Crippen LogP contribution in [0, 0.1) is 12.7 Å². The maximum Gasteiger partial charge on any atom is 0.225 e. The lowest BCUT2D eigenvalue weighted by atomic mass is 10.0. The Kier molecular flexibility index (Phi) is 4.13. The normalized spacial score (nSPS) is 15.9. The summed E-state index contributed by atoms with van der Waals surface area (Å²) in [7, 11) is 2.03. The van der Waals surface area contributed by atoms with Gasteiger partial charge >= 0.3 is 0 Å². The van der Waals surface area contributed by atoms with Crippen LogP contribution in [-0.4, -0.2) is 46.1 Å². The van der Waals surface area contributed by atoms with E-state index in [0.29, 0.717) is 12.0 Å². The second kappa shape index (κ2) is 6.21. The molecule has 0 radical (unpaired) electrons. The van der Waals surface area contributed by atoms with Gasteiger partial charge in [-0.05, 0) is 25.3 Å². The van der Waals surface area contributed by atoms with E-state index in [1.807, 2.05) is 26.4 Å². The summed E-state index contributed by atoms with van der Waals surface area (Å²) in [5.41, 5.74) is 1.06. The van der Waals surface area contributed by atoms with Gasteiger partial charge in [-0.25, -0.2) is 24.3 Å². The largest absolute Gasteiger partial charge is 0.341 e. The molecule has 116 valence electrons. The van der Waals surface area contributed by atoms with Crippen LogP contribution in [-0.2, 0) is 0 Å². The summed E-state index contributed by atoms with van der Waals surface area (Å²) in [5.74, 6) is 0.936. The summed E-state index contributed by atoms with van der Waals surface area (Å²) in [6.45, 7) is 3.66. The molecule has 2 aromatic rings. The van der Waals surface area contributed by atoms with Gasteiger partial charge in [-0.3, -0.25) is 0 Å². The van der Waals surface area contributed by atoms with Crippen molar-refractivity contribution in [3.05, 3.63) is 36.2 Å². The van der Waals surface area contributed by atoms with E-state index in [2.05, 4.69) is 29.7 Å². The number of aromatic nitrogens is 4. The Morgan fingerprint density at radius 3 is 2.23 bits per heavy atom. The van der Waals surface area contributed by atoms with Crippen molar-refractivity contribution < 1.29 is 4.39 Å². The molecule has 22 heavy (non-hydrogen) atoms. The lowest BCUT2D eigenvalue weighted by molar-refractivity contribution is 0.472. The molecule has 0 aliphatic carbocycles. The molecule has 0 atom stereocenters. The van der Waals surface area contributed by atoms with Crippen molar-refractivity contribution in [2.24, 2.45) is 0 Å². The fraction of sp³-hybridized carbons (Fsp3) is 0.467. The zero-order valence-corrected chi connectivity index (χ0v) is 12.8. The van der Waals surface area contributed by atoms with Crippen molar-refractivity contribution in [3.8, 4) is 0 Å². The molecule has 0 spiro atoms. The first-order valence-electron chi connectivity index (χ1n) is 7.37. The average Bonchev–Trinajstić information content (AvgIpc) is 2.56. The highest BCUT2D eigenvalue weighted by molar-refractivity contribution is 5.34. The Morgan fingerprint density at radius 1 is 1.05 bits per heavy atom. The number of halogens is 1. The molecule has 0 amide bonds. The third-order valence-corrected chi connectivity index (χ3v) is 3.98. The van der Waals surface area contributed by atoms with Gasteiger partial charge in [0, 0.05) is 38.6 Å². The molecule has 0 N–H and O–H groups in total. The summed E-state index contributed by atoms with van der Waals surface area (Å²) < 4.78 is 12.9. The standard InChI is InChI=1S/C15H19FN6/c1-11-7-17-14(18-8-11)21(2)13-3-5-22(6-4-13)15-19-9-12(16)10-20-15/h7-10,13H,3-6H2,1-2H3. The summed E-state index contributed by atoms with van der Waals surface area (Å²) in [4.78, 5) is 21.0. The molecule has 1 aliphatic heterocycles. The van der Waals surface area contributed by atoms with Gasteiger partial charge in [-0.1, -0.05) is 0 Å². The molecule has 0 unspecified atom stereocenters. The minimum Gasteiger partial charge on any atom is -0.341 e. The number of hydrogen-bond donors (Lipinski definition) is 0. The van der Waals surface area contributed by atoms with Crippen LogP contribution in [0.2, 0.25) is 0 Å². The van der Waals surface area contributed by atoms with Crippen molar-refractivity contribution >= 4 is 11.9 Å². The fourth-order valence-electron chi connectivity index (χ4n) is 2.65. The first-order valence-corrected chi connectivity index (χ1v) is 7.37. The molecule has 3 rings (SSSR count). The quantitative estimate of drug-likeness (QED) is 0.862. The number of rotatable bonds is 3. The van der Waals surface area contributed by atoms with Crippen molar-refractivity contribution in [2.75, 3.05) is 29.9 Å². The van der Waals surface area contributed by atoms with Gasteiger partial charge in [0.1, 0.15) is 0 Å². The molecule has 3 heterocycles.